The molecule has 1 rings (SSSR count). The van der Waals surface area contributed by atoms with Crippen LogP contribution in [0.4, 0.5) is 0 Å². The molecule has 0 aromatic rings. The molecule has 1 heterocycles. The zero-order valence-electron chi connectivity index (χ0n) is 8.51. The lowest BCUT2D eigenvalue weighted by Gasteiger charge is -2.21. The maximum atomic E-state index is 10.9. The SMILES string of the molecule is CC/C=C\CC[C@@]1(C)CCC(=O)O1. The maximum Gasteiger partial charge on any atom is 0.306 e. The highest BCUT2D eigenvalue weighted by atomic mass is 16.6. The van der Waals surface area contributed by atoms with Gasteiger partial charge in [0, 0.05) is 6.42 Å². The molecule has 0 bridgehead atoms. The molecule has 13 heavy (non-hydrogen) atoms. The van der Waals surface area contributed by atoms with Crippen molar-refractivity contribution in [2.45, 2.75) is 51.6 Å². The van der Waals surface area contributed by atoms with E-state index in [0.717, 1.165) is 25.7 Å². The molecule has 0 amide bonds. The van der Waals surface area contributed by atoms with Gasteiger partial charge in [-0.2, -0.15) is 0 Å². The molecule has 1 fully saturated rings. The van der Waals surface area contributed by atoms with Gasteiger partial charge >= 0.3 is 5.97 Å². The zero-order chi connectivity index (χ0) is 9.73. The predicted octanol–water partition coefficient (Wildman–Crippen LogP) is 2.83. The molecule has 0 saturated carbocycles. The van der Waals surface area contributed by atoms with E-state index in [4.69, 9.17) is 4.74 Å². The molecular weight excluding hydrogens is 164 g/mol. The lowest BCUT2D eigenvalue weighted by atomic mass is 9.96. The zero-order valence-corrected chi connectivity index (χ0v) is 8.51. The van der Waals surface area contributed by atoms with Crippen molar-refractivity contribution in [2.75, 3.05) is 0 Å². The van der Waals surface area contributed by atoms with Gasteiger partial charge in [-0.1, -0.05) is 19.1 Å². The molecule has 1 atom stereocenters. The summed E-state index contributed by atoms with van der Waals surface area (Å²) in [5.74, 6) is -0.0398. The molecule has 1 saturated heterocycles. The fourth-order valence-corrected chi connectivity index (χ4v) is 1.59. The predicted molar refractivity (Wildman–Crippen MR) is 52.4 cm³/mol. The van der Waals surface area contributed by atoms with Crippen LogP contribution in [0.3, 0.4) is 0 Å². The molecule has 0 aliphatic carbocycles. The Hall–Kier alpha value is -0.790. The van der Waals surface area contributed by atoms with Crippen LogP contribution >= 0.6 is 0 Å². The molecule has 0 N–H and O–H groups in total. The summed E-state index contributed by atoms with van der Waals surface area (Å²) in [6.45, 7) is 4.14. The molecule has 0 aromatic carbocycles. The van der Waals surface area contributed by atoms with E-state index in [2.05, 4.69) is 19.1 Å². The van der Waals surface area contributed by atoms with Crippen molar-refractivity contribution in [3.63, 3.8) is 0 Å². The van der Waals surface area contributed by atoms with E-state index in [1.807, 2.05) is 6.92 Å². The fourth-order valence-electron chi connectivity index (χ4n) is 1.59. The molecule has 0 aromatic heterocycles. The monoisotopic (exact) mass is 182 g/mol. The van der Waals surface area contributed by atoms with E-state index < -0.39 is 0 Å². The first-order valence-corrected chi connectivity index (χ1v) is 5.03. The summed E-state index contributed by atoms with van der Waals surface area (Å²) in [7, 11) is 0. The smallest absolute Gasteiger partial charge is 0.306 e. The summed E-state index contributed by atoms with van der Waals surface area (Å²) in [5, 5.41) is 0. The highest BCUT2D eigenvalue weighted by Crippen LogP contribution is 2.30. The molecule has 1 aliphatic heterocycles. The number of hydrogen-bond acceptors (Lipinski definition) is 2. The van der Waals surface area contributed by atoms with Gasteiger partial charge in [-0.15, -0.1) is 0 Å². The second kappa shape index (κ2) is 4.45. The maximum absolute atomic E-state index is 10.9. The van der Waals surface area contributed by atoms with Crippen molar-refractivity contribution < 1.29 is 9.53 Å². The summed E-state index contributed by atoms with van der Waals surface area (Å²) >= 11 is 0. The van der Waals surface area contributed by atoms with Gasteiger partial charge in [-0.3, -0.25) is 4.79 Å². The van der Waals surface area contributed by atoms with Crippen LogP contribution in [-0.4, -0.2) is 11.6 Å². The summed E-state index contributed by atoms with van der Waals surface area (Å²) in [6, 6.07) is 0. The van der Waals surface area contributed by atoms with Crippen LogP contribution in [0.25, 0.3) is 0 Å². The van der Waals surface area contributed by atoms with Crippen molar-refractivity contribution in [3.05, 3.63) is 12.2 Å². The van der Waals surface area contributed by atoms with Crippen molar-refractivity contribution in [1.29, 1.82) is 0 Å². The molecular formula is C11H18O2. The van der Waals surface area contributed by atoms with Crippen LogP contribution in [0.1, 0.15) is 46.0 Å². The van der Waals surface area contributed by atoms with Crippen molar-refractivity contribution in [1.82, 2.24) is 0 Å². The molecule has 1 aliphatic rings. The number of rotatable bonds is 4. The second-order valence-electron chi connectivity index (χ2n) is 3.84. The lowest BCUT2D eigenvalue weighted by Crippen LogP contribution is -2.23. The van der Waals surface area contributed by atoms with Crippen LogP contribution in [0, 0.1) is 0 Å². The summed E-state index contributed by atoms with van der Waals surface area (Å²) in [5.41, 5.74) is -0.185. The van der Waals surface area contributed by atoms with E-state index in [1.54, 1.807) is 0 Å². The van der Waals surface area contributed by atoms with Gasteiger partial charge in [0.15, 0.2) is 0 Å². The van der Waals surface area contributed by atoms with E-state index in [-0.39, 0.29) is 11.6 Å². The lowest BCUT2D eigenvalue weighted by molar-refractivity contribution is -0.147. The Morgan fingerprint density at radius 1 is 1.54 bits per heavy atom. The number of carbonyl (C=O) groups excluding carboxylic acids is 1. The summed E-state index contributed by atoms with van der Waals surface area (Å²) < 4.78 is 5.26. The highest BCUT2D eigenvalue weighted by molar-refractivity contribution is 5.72. The van der Waals surface area contributed by atoms with E-state index >= 15 is 0 Å². The van der Waals surface area contributed by atoms with Gasteiger partial charge in [0.1, 0.15) is 5.60 Å². The van der Waals surface area contributed by atoms with Crippen LogP contribution in [0.2, 0.25) is 0 Å². The normalized spacial score (nSPS) is 28.3. The number of hydrogen-bond donors (Lipinski definition) is 0. The average Bonchev–Trinajstić information content (AvgIpc) is 2.41. The fraction of sp³-hybridized carbons (Fsp3) is 0.727. The Balaban J connectivity index is 2.27. The largest absolute Gasteiger partial charge is 0.459 e. The van der Waals surface area contributed by atoms with Crippen LogP contribution in [0.5, 0.6) is 0 Å². The van der Waals surface area contributed by atoms with Gasteiger partial charge in [0.05, 0.1) is 0 Å². The minimum atomic E-state index is -0.185. The Labute approximate surface area is 80.0 Å². The van der Waals surface area contributed by atoms with E-state index in [1.165, 1.54) is 0 Å². The van der Waals surface area contributed by atoms with Gasteiger partial charge < -0.3 is 4.74 Å². The Morgan fingerprint density at radius 3 is 2.85 bits per heavy atom. The van der Waals surface area contributed by atoms with Gasteiger partial charge in [-0.05, 0) is 32.6 Å². The number of carbonyl (C=O) groups is 1. The molecule has 2 heteroatoms. The molecule has 74 valence electrons. The number of cyclic esters (lactones) is 1. The van der Waals surface area contributed by atoms with Crippen LogP contribution in [-0.2, 0) is 9.53 Å². The topological polar surface area (TPSA) is 26.3 Å². The minimum absolute atomic E-state index is 0.0398. The second-order valence-corrected chi connectivity index (χ2v) is 3.84. The van der Waals surface area contributed by atoms with Gasteiger partial charge in [-0.25, -0.2) is 0 Å². The standard InChI is InChI=1S/C11H18O2/c1-3-4-5-6-8-11(2)9-7-10(12)13-11/h4-5H,3,6-9H2,1-2H3/b5-4-/t11-/m0/s1. The van der Waals surface area contributed by atoms with Crippen molar-refractivity contribution in [3.8, 4) is 0 Å². The Bertz CT molecular complexity index is 208. The third-order valence-electron chi connectivity index (χ3n) is 2.46. The number of esters is 1. The third-order valence-corrected chi connectivity index (χ3v) is 2.46. The molecule has 0 radical (unpaired) electrons. The molecule has 0 unspecified atom stereocenters. The Kier molecular flexibility index (Phi) is 3.52. The first kappa shape index (κ1) is 10.3. The number of allylic oxidation sites excluding steroid dienone is 2. The number of ether oxygens (including phenoxy) is 1. The van der Waals surface area contributed by atoms with E-state index in [0.29, 0.717) is 6.42 Å². The quantitative estimate of drug-likeness (QED) is 0.493. The summed E-state index contributed by atoms with van der Waals surface area (Å²) in [4.78, 5) is 10.9. The van der Waals surface area contributed by atoms with Crippen molar-refractivity contribution >= 4 is 5.97 Å². The summed E-state index contributed by atoms with van der Waals surface area (Å²) in [6.07, 6.45) is 8.83. The highest BCUT2D eigenvalue weighted by Gasteiger charge is 2.34. The van der Waals surface area contributed by atoms with Crippen LogP contribution in [0.15, 0.2) is 12.2 Å². The molecule has 2 nitrogen and oxygen atoms in total. The third kappa shape index (κ3) is 3.21. The van der Waals surface area contributed by atoms with E-state index in [9.17, 15) is 4.79 Å². The Morgan fingerprint density at radius 2 is 2.31 bits per heavy atom. The average molecular weight is 182 g/mol. The van der Waals surface area contributed by atoms with Gasteiger partial charge in [0.25, 0.3) is 0 Å². The minimum Gasteiger partial charge on any atom is -0.459 e. The molecule has 0 spiro atoms. The van der Waals surface area contributed by atoms with Gasteiger partial charge in [0.2, 0.25) is 0 Å². The first-order valence-electron chi connectivity index (χ1n) is 5.03. The first-order chi connectivity index (χ1) is 6.16. The van der Waals surface area contributed by atoms with Crippen LogP contribution < -0.4 is 0 Å². The van der Waals surface area contributed by atoms with Crippen molar-refractivity contribution in [2.24, 2.45) is 0 Å².